The van der Waals surface area contributed by atoms with Gasteiger partial charge in [0, 0.05) is 5.69 Å². The van der Waals surface area contributed by atoms with Gasteiger partial charge in [-0.05, 0) is 36.0 Å². The SMILES string of the molecule is CC(C)C(C)Cc1ccc(N)cc1. The molecule has 1 nitrogen and oxygen atoms in total. The third kappa shape index (κ3) is 3.10. The molecule has 1 rings (SSSR count). The lowest BCUT2D eigenvalue weighted by Gasteiger charge is -2.15. The van der Waals surface area contributed by atoms with Crippen LogP contribution < -0.4 is 5.73 Å². The predicted molar refractivity (Wildman–Crippen MR) is 58.6 cm³/mol. The largest absolute Gasteiger partial charge is 0.399 e. The molecule has 0 spiro atoms. The predicted octanol–water partition coefficient (Wildman–Crippen LogP) is 3.10. The van der Waals surface area contributed by atoms with Crippen LogP contribution in [0.5, 0.6) is 0 Å². The van der Waals surface area contributed by atoms with Crippen molar-refractivity contribution in [3.63, 3.8) is 0 Å². The summed E-state index contributed by atoms with van der Waals surface area (Å²) < 4.78 is 0. The summed E-state index contributed by atoms with van der Waals surface area (Å²) in [6.07, 6.45) is 1.15. The molecule has 0 radical (unpaired) electrons. The number of nitrogens with two attached hydrogens (primary N) is 1. The minimum atomic E-state index is 0.739. The van der Waals surface area contributed by atoms with Crippen LogP contribution in [0.1, 0.15) is 26.3 Å². The standard InChI is InChI=1S/C12H19N/c1-9(2)10(3)8-11-4-6-12(13)7-5-11/h4-7,9-10H,8,13H2,1-3H3. The maximum atomic E-state index is 5.62. The first-order chi connectivity index (χ1) is 6.09. The summed E-state index contributed by atoms with van der Waals surface area (Å²) in [6.45, 7) is 6.82. The molecule has 0 aliphatic rings. The molecule has 0 amide bonds. The second-order valence-corrected chi connectivity index (χ2v) is 4.17. The zero-order chi connectivity index (χ0) is 9.84. The van der Waals surface area contributed by atoms with Gasteiger partial charge in [0.15, 0.2) is 0 Å². The highest BCUT2D eigenvalue weighted by Gasteiger charge is 2.07. The van der Waals surface area contributed by atoms with Gasteiger partial charge in [-0.25, -0.2) is 0 Å². The fourth-order valence-electron chi connectivity index (χ4n) is 1.26. The molecule has 0 aliphatic carbocycles. The molecule has 1 atom stereocenters. The Morgan fingerprint density at radius 3 is 2.08 bits per heavy atom. The maximum absolute atomic E-state index is 5.62. The van der Waals surface area contributed by atoms with Crippen molar-refractivity contribution in [3.05, 3.63) is 29.8 Å². The first-order valence-electron chi connectivity index (χ1n) is 4.94. The van der Waals surface area contributed by atoms with E-state index >= 15 is 0 Å². The van der Waals surface area contributed by atoms with Gasteiger partial charge in [-0.3, -0.25) is 0 Å². The van der Waals surface area contributed by atoms with E-state index in [0.717, 1.165) is 23.9 Å². The summed E-state index contributed by atoms with van der Waals surface area (Å²) in [4.78, 5) is 0. The van der Waals surface area contributed by atoms with E-state index in [1.165, 1.54) is 5.56 Å². The highest BCUT2D eigenvalue weighted by Crippen LogP contribution is 2.17. The third-order valence-corrected chi connectivity index (χ3v) is 2.68. The molecule has 1 aromatic rings. The Morgan fingerprint density at radius 1 is 1.08 bits per heavy atom. The van der Waals surface area contributed by atoms with Gasteiger partial charge in [-0.2, -0.15) is 0 Å². The summed E-state index contributed by atoms with van der Waals surface area (Å²) in [6, 6.07) is 8.19. The van der Waals surface area contributed by atoms with E-state index in [-0.39, 0.29) is 0 Å². The fraction of sp³-hybridized carbons (Fsp3) is 0.500. The zero-order valence-corrected chi connectivity index (χ0v) is 8.75. The summed E-state index contributed by atoms with van der Waals surface area (Å²) in [5.41, 5.74) is 7.85. The van der Waals surface area contributed by atoms with Crippen molar-refractivity contribution < 1.29 is 0 Å². The van der Waals surface area contributed by atoms with Crippen LogP contribution in [0, 0.1) is 11.8 Å². The van der Waals surface area contributed by atoms with E-state index in [2.05, 4.69) is 32.9 Å². The van der Waals surface area contributed by atoms with Gasteiger partial charge in [0.2, 0.25) is 0 Å². The molecule has 1 aromatic carbocycles. The molecule has 72 valence electrons. The van der Waals surface area contributed by atoms with Crippen LogP contribution >= 0.6 is 0 Å². The van der Waals surface area contributed by atoms with Gasteiger partial charge in [0.1, 0.15) is 0 Å². The van der Waals surface area contributed by atoms with E-state index in [9.17, 15) is 0 Å². The van der Waals surface area contributed by atoms with E-state index in [1.54, 1.807) is 0 Å². The van der Waals surface area contributed by atoms with Crippen LogP contribution in [-0.4, -0.2) is 0 Å². The van der Waals surface area contributed by atoms with E-state index in [4.69, 9.17) is 5.73 Å². The molecule has 0 saturated carbocycles. The molecule has 0 bridgehead atoms. The molecule has 1 heteroatoms. The minimum Gasteiger partial charge on any atom is -0.399 e. The lowest BCUT2D eigenvalue weighted by Crippen LogP contribution is -2.07. The number of hydrogen-bond donors (Lipinski definition) is 1. The molecule has 0 heterocycles. The zero-order valence-electron chi connectivity index (χ0n) is 8.75. The maximum Gasteiger partial charge on any atom is 0.0314 e. The Morgan fingerprint density at radius 2 is 1.62 bits per heavy atom. The van der Waals surface area contributed by atoms with Gasteiger partial charge in [-0.1, -0.05) is 32.9 Å². The van der Waals surface area contributed by atoms with Crippen molar-refractivity contribution in [2.45, 2.75) is 27.2 Å². The Bertz CT molecular complexity index is 248. The van der Waals surface area contributed by atoms with Crippen LogP contribution in [0.15, 0.2) is 24.3 Å². The van der Waals surface area contributed by atoms with Gasteiger partial charge in [0.25, 0.3) is 0 Å². The summed E-state index contributed by atoms with van der Waals surface area (Å²) in [7, 11) is 0. The summed E-state index contributed by atoms with van der Waals surface area (Å²) in [5, 5.41) is 0. The molecule has 1 unspecified atom stereocenters. The molecule has 2 N–H and O–H groups in total. The smallest absolute Gasteiger partial charge is 0.0314 e. The van der Waals surface area contributed by atoms with Crippen LogP contribution in [-0.2, 0) is 6.42 Å². The fourth-order valence-corrected chi connectivity index (χ4v) is 1.26. The van der Waals surface area contributed by atoms with Crippen molar-refractivity contribution in [1.82, 2.24) is 0 Å². The van der Waals surface area contributed by atoms with Gasteiger partial charge in [0.05, 0.1) is 0 Å². The van der Waals surface area contributed by atoms with Crippen LogP contribution in [0.3, 0.4) is 0 Å². The number of hydrogen-bond acceptors (Lipinski definition) is 1. The first kappa shape index (κ1) is 10.1. The molecular formula is C12H19N. The molecular weight excluding hydrogens is 158 g/mol. The van der Waals surface area contributed by atoms with Gasteiger partial charge < -0.3 is 5.73 Å². The van der Waals surface area contributed by atoms with Crippen LogP contribution in [0.4, 0.5) is 5.69 Å². The molecule has 0 saturated heterocycles. The van der Waals surface area contributed by atoms with E-state index in [1.807, 2.05) is 12.1 Å². The average Bonchev–Trinajstić information content (AvgIpc) is 2.08. The summed E-state index contributed by atoms with van der Waals surface area (Å²) >= 11 is 0. The second kappa shape index (κ2) is 4.31. The van der Waals surface area contributed by atoms with Crippen molar-refractivity contribution in [3.8, 4) is 0 Å². The quantitative estimate of drug-likeness (QED) is 0.705. The topological polar surface area (TPSA) is 26.0 Å². The van der Waals surface area contributed by atoms with Crippen molar-refractivity contribution in [2.24, 2.45) is 11.8 Å². The Hall–Kier alpha value is -0.980. The van der Waals surface area contributed by atoms with Crippen molar-refractivity contribution in [2.75, 3.05) is 5.73 Å². The highest BCUT2D eigenvalue weighted by atomic mass is 14.5. The lowest BCUT2D eigenvalue weighted by atomic mass is 9.91. The number of nitrogen functional groups attached to an aromatic ring is 1. The Balaban J connectivity index is 2.59. The second-order valence-electron chi connectivity index (χ2n) is 4.17. The molecule has 0 aromatic heterocycles. The van der Waals surface area contributed by atoms with E-state index < -0.39 is 0 Å². The Kier molecular flexibility index (Phi) is 3.35. The lowest BCUT2D eigenvalue weighted by molar-refractivity contribution is 0.417. The van der Waals surface area contributed by atoms with Crippen LogP contribution in [0.25, 0.3) is 0 Å². The third-order valence-electron chi connectivity index (χ3n) is 2.68. The normalized spacial score (nSPS) is 13.2. The minimum absolute atomic E-state index is 0.739. The number of benzene rings is 1. The molecule has 0 aliphatic heterocycles. The average molecular weight is 177 g/mol. The number of anilines is 1. The summed E-state index contributed by atoms with van der Waals surface area (Å²) in [5.74, 6) is 1.49. The van der Waals surface area contributed by atoms with Crippen molar-refractivity contribution >= 4 is 5.69 Å². The first-order valence-corrected chi connectivity index (χ1v) is 4.94. The molecule has 0 fully saturated rings. The van der Waals surface area contributed by atoms with Gasteiger partial charge in [-0.15, -0.1) is 0 Å². The Labute approximate surface area is 81.0 Å². The van der Waals surface area contributed by atoms with E-state index in [0.29, 0.717) is 0 Å². The van der Waals surface area contributed by atoms with Gasteiger partial charge >= 0.3 is 0 Å². The number of rotatable bonds is 3. The van der Waals surface area contributed by atoms with Crippen molar-refractivity contribution in [1.29, 1.82) is 0 Å². The monoisotopic (exact) mass is 177 g/mol. The molecule has 13 heavy (non-hydrogen) atoms. The van der Waals surface area contributed by atoms with Crippen LogP contribution in [0.2, 0.25) is 0 Å². The highest BCUT2D eigenvalue weighted by molar-refractivity contribution is 5.39.